The lowest BCUT2D eigenvalue weighted by Gasteiger charge is -2.05. The van der Waals surface area contributed by atoms with E-state index in [9.17, 15) is 4.79 Å². The number of carbonyl (C=O) groups is 1. The maximum Gasteiger partial charge on any atom is 0.343 e. The maximum atomic E-state index is 12.0. The van der Waals surface area contributed by atoms with Crippen LogP contribution in [-0.4, -0.2) is 17.3 Å². The minimum absolute atomic E-state index is 0.0709. The van der Waals surface area contributed by atoms with Gasteiger partial charge >= 0.3 is 5.97 Å². The summed E-state index contributed by atoms with van der Waals surface area (Å²) in [6.45, 7) is 0. The molecule has 2 aromatic rings. The number of esters is 1. The van der Waals surface area contributed by atoms with Crippen LogP contribution in [0, 0.1) is 0 Å². The van der Waals surface area contributed by atoms with Crippen molar-refractivity contribution in [3.8, 4) is 5.75 Å². The molecule has 0 aliphatic carbocycles. The third-order valence-corrected chi connectivity index (χ3v) is 2.88. The van der Waals surface area contributed by atoms with Crippen molar-refractivity contribution in [2.24, 2.45) is 10.8 Å². The molecule has 7 heteroatoms. The lowest BCUT2D eigenvalue weighted by molar-refractivity contribution is 0.0735. The first kappa shape index (κ1) is 15.9. The highest BCUT2D eigenvalue weighted by Crippen LogP contribution is 2.15. The Labute approximate surface area is 137 Å². The predicted octanol–water partition coefficient (Wildman–Crippen LogP) is 2.73. The molecule has 0 saturated heterocycles. The molecule has 2 rings (SSSR count). The highest BCUT2D eigenvalue weighted by atomic mass is 35.5. The Hall–Kier alpha value is -2.44. The van der Waals surface area contributed by atoms with Gasteiger partial charge in [0.25, 0.3) is 0 Å². The van der Waals surface area contributed by atoms with Crippen LogP contribution in [0.25, 0.3) is 0 Å². The molecule has 0 amide bonds. The monoisotopic (exact) mass is 333 g/mol. The summed E-state index contributed by atoms with van der Waals surface area (Å²) in [7, 11) is 0. The fourth-order valence-corrected chi connectivity index (χ4v) is 1.76. The molecule has 0 unspecified atom stereocenters. The van der Waals surface area contributed by atoms with Crippen LogP contribution in [0.3, 0.4) is 0 Å². The van der Waals surface area contributed by atoms with E-state index in [-0.39, 0.29) is 5.11 Å². The van der Waals surface area contributed by atoms with Gasteiger partial charge < -0.3 is 10.5 Å². The van der Waals surface area contributed by atoms with Gasteiger partial charge in [0, 0.05) is 5.02 Å². The van der Waals surface area contributed by atoms with E-state index >= 15 is 0 Å². The van der Waals surface area contributed by atoms with E-state index in [4.69, 9.17) is 22.1 Å². The fourth-order valence-electron chi connectivity index (χ4n) is 1.58. The average Bonchev–Trinajstić information content (AvgIpc) is 2.48. The zero-order chi connectivity index (χ0) is 15.9. The van der Waals surface area contributed by atoms with Gasteiger partial charge in [0.1, 0.15) is 5.75 Å². The number of nitrogens with zero attached hydrogens (tertiary/aromatic N) is 1. The number of nitrogens with two attached hydrogens (primary N) is 1. The van der Waals surface area contributed by atoms with Crippen LogP contribution >= 0.6 is 23.8 Å². The van der Waals surface area contributed by atoms with Gasteiger partial charge in [-0.15, -0.1) is 0 Å². The van der Waals surface area contributed by atoms with Crippen LogP contribution in [-0.2, 0) is 0 Å². The van der Waals surface area contributed by atoms with E-state index in [1.54, 1.807) is 48.5 Å². The Bertz CT molecular complexity index is 717. The van der Waals surface area contributed by atoms with E-state index in [0.29, 0.717) is 16.3 Å². The second kappa shape index (κ2) is 7.53. The molecular formula is C15H12ClN3O2S. The lowest BCUT2D eigenvalue weighted by Crippen LogP contribution is -2.23. The highest BCUT2D eigenvalue weighted by Gasteiger charge is 2.08. The Kier molecular flexibility index (Phi) is 5.46. The van der Waals surface area contributed by atoms with Crippen LogP contribution in [0.5, 0.6) is 5.75 Å². The minimum atomic E-state index is -0.466. The van der Waals surface area contributed by atoms with Crippen molar-refractivity contribution in [1.29, 1.82) is 0 Å². The van der Waals surface area contributed by atoms with Gasteiger partial charge in [-0.3, -0.25) is 5.43 Å². The summed E-state index contributed by atoms with van der Waals surface area (Å²) in [5, 5.41) is 4.46. The molecule has 0 aliphatic heterocycles. The van der Waals surface area contributed by atoms with Crippen molar-refractivity contribution in [3.63, 3.8) is 0 Å². The number of halogens is 1. The van der Waals surface area contributed by atoms with E-state index in [2.05, 4.69) is 22.7 Å². The van der Waals surface area contributed by atoms with Crippen LogP contribution in [0.15, 0.2) is 53.6 Å². The van der Waals surface area contributed by atoms with Crippen molar-refractivity contribution < 1.29 is 9.53 Å². The molecule has 0 saturated carbocycles. The number of hydrazone groups is 1. The molecule has 3 N–H and O–H groups in total. The number of rotatable bonds is 4. The minimum Gasteiger partial charge on any atom is -0.423 e. The van der Waals surface area contributed by atoms with Gasteiger partial charge in [-0.2, -0.15) is 5.10 Å². The van der Waals surface area contributed by atoms with Crippen molar-refractivity contribution in [2.75, 3.05) is 0 Å². The number of hydrogen-bond donors (Lipinski definition) is 2. The molecule has 2 aromatic carbocycles. The normalized spacial score (nSPS) is 10.4. The van der Waals surface area contributed by atoms with Gasteiger partial charge in [0.05, 0.1) is 11.8 Å². The molecule has 0 fully saturated rings. The van der Waals surface area contributed by atoms with Crippen molar-refractivity contribution >= 4 is 41.1 Å². The molecule has 0 spiro atoms. The molecule has 0 aromatic heterocycles. The predicted molar refractivity (Wildman–Crippen MR) is 90.4 cm³/mol. The van der Waals surface area contributed by atoms with Crippen molar-refractivity contribution in [1.82, 2.24) is 5.43 Å². The summed E-state index contributed by atoms with van der Waals surface area (Å²) in [5.74, 6) is -0.0637. The standard InChI is InChI=1S/C15H12ClN3O2S/c16-12-6-4-11(5-7-12)14(20)21-13-3-1-2-10(8-13)9-18-19-15(17)22/h1-9H,(H3,17,19,22). The number of ether oxygens (including phenoxy) is 1. The molecular weight excluding hydrogens is 322 g/mol. The van der Waals surface area contributed by atoms with Gasteiger partial charge in [-0.05, 0) is 54.2 Å². The van der Waals surface area contributed by atoms with Crippen molar-refractivity contribution in [2.45, 2.75) is 0 Å². The first-order valence-electron chi connectivity index (χ1n) is 6.21. The summed E-state index contributed by atoms with van der Waals surface area (Å²) in [4.78, 5) is 12.0. The third kappa shape index (κ3) is 4.83. The van der Waals surface area contributed by atoms with Crippen LogP contribution in [0.2, 0.25) is 5.02 Å². The fraction of sp³-hybridized carbons (Fsp3) is 0. The Morgan fingerprint density at radius 3 is 2.68 bits per heavy atom. The van der Waals surface area contributed by atoms with E-state index in [0.717, 1.165) is 5.56 Å². The second-order valence-corrected chi connectivity index (χ2v) is 5.08. The first-order valence-corrected chi connectivity index (χ1v) is 6.99. The van der Waals surface area contributed by atoms with Gasteiger partial charge in [-0.1, -0.05) is 23.7 Å². The quantitative estimate of drug-likeness (QED) is 0.296. The number of benzene rings is 2. The van der Waals surface area contributed by atoms with E-state index in [1.165, 1.54) is 6.21 Å². The average molecular weight is 334 g/mol. The largest absolute Gasteiger partial charge is 0.423 e. The van der Waals surface area contributed by atoms with E-state index in [1.807, 2.05) is 0 Å². The van der Waals surface area contributed by atoms with E-state index < -0.39 is 5.97 Å². The van der Waals surface area contributed by atoms with Crippen LogP contribution in [0.4, 0.5) is 0 Å². The number of nitrogens with one attached hydrogen (secondary N) is 1. The molecule has 0 radical (unpaired) electrons. The van der Waals surface area contributed by atoms with Crippen LogP contribution < -0.4 is 15.9 Å². The molecule has 112 valence electrons. The first-order chi connectivity index (χ1) is 10.5. The Morgan fingerprint density at radius 2 is 2.00 bits per heavy atom. The lowest BCUT2D eigenvalue weighted by atomic mass is 10.2. The van der Waals surface area contributed by atoms with Gasteiger partial charge in [0.2, 0.25) is 0 Å². The summed E-state index contributed by atoms with van der Waals surface area (Å²) < 4.78 is 5.29. The molecule has 5 nitrogen and oxygen atoms in total. The summed E-state index contributed by atoms with van der Waals surface area (Å²) in [6.07, 6.45) is 1.51. The number of thiocarbonyl (C=S) groups is 1. The highest BCUT2D eigenvalue weighted by molar-refractivity contribution is 7.80. The Balaban J connectivity index is 2.06. The summed E-state index contributed by atoms with van der Waals surface area (Å²) in [5.41, 5.74) is 8.84. The van der Waals surface area contributed by atoms with Gasteiger partial charge in [0.15, 0.2) is 5.11 Å². The smallest absolute Gasteiger partial charge is 0.343 e. The molecule has 0 heterocycles. The molecule has 0 bridgehead atoms. The molecule has 22 heavy (non-hydrogen) atoms. The summed E-state index contributed by atoms with van der Waals surface area (Å²) >= 11 is 10.4. The SMILES string of the molecule is NC(=S)NN=Cc1cccc(OC(=O)c2ccc(Cl)cc2)c1. The second-order valence-electron chi connectivity index (χ2n) is 4.20. The molecule has 0 atom stereocenters. The topological polar surface area (TPSA) is 76.7 Å². The third-order valence-electron chi connectivity index (χ3n) is 2.54. The number of carbonyl (C=O) groups excluding carboxylic acids is 1. The summed E-state index contributed by atoms with van der Waals surface area (Å²) in [6, 6.07) is 13.3. The molecule has 0 aliphatic rings. The van der Waals surface area contributed by atoms with Gasteiger partial charge in [-0.25, -0.2) is 4.79 Å². The zero-order valence-corrected chi connectivity index (χ0v) is 12.9. The number of hydrogen-bond acceptors (Lipinski definition) is 4. The van der Waals surface area contributed by atoms with Crippen molar-refractivity contribution in [3.05, 3.63) is 64.7 Å². The zero-order valence-electron chi connectivity index (χ0n) is 11.3. The van der Waals surface area contributed by atoms with Crippen LogP contribution in [0.1, 0.15) is 15.9 Å². The Morgan fingerprint density at radius 1 is 1.27 bits per heavy atom. The maximum absolute atomic E-state index is 12.0.